The third-order valence-corrected chi connectivity index (χ3v) is 2.66. The Morgan fingerprint density at radius 2 is 2.00 bits per heavy atom. The van der Waals surface area contributed by atoms with Crippen LogP contribution >= 0.6 is 0 Å². The van der Waals surface area contributed by atoms with Gasteiger partial charge >= 0.3 is 0 Å². The van der Waals surface area contributed by atoms with Gasteiger partial charge in [0.1, 0.15) is 12.4 Å². The van der Waals surface area contributed by atoms with Crippen LogP contribution < -0.4 is 10.5 Å². The summed E-state index contributed by atoms with van der Waals surface area (Å²) in [5.74, 6) is 0.865. The van der Waals surface area contributed by atoms with Crippen molar-refractivity contribution < 1.29 is 4.74 Å². The summed E-state index contributed by atoms with van der Waals surface area (Å²) in [4.78, 5) is 4.40. The molecule has 0 atom stereocenters. The van der Waals surface area contributed by atoms with Crippen LogP contribution in [0.3, 0.4) is 0 Å². The first kappa shape index (κ1) is 12.6. The predicted octanol–water partition coefficient (Wildman–Crippen LogP) is 2.47. The molecule has 0 saturated heterocycles. The fourth-order valence-corrected chi connectivity index (χ4v) is 1.79. The number of hydrogen-bond acceptors (Lipinski definition) is 3. The molecule has 0 saturated carbocycles. The molecule has 0 radical (unpaired) electrons. The number of aromatic nitrogens is 1. The molecule has 0 aliphatic heterocycles. The van der Waals surface area contributed by atoms with Gasteiger partial charge in [-0.1, -0.05) is 18.2 Å². The lowest BCUT2D eigenvalue weighted by Gasteiger charge is -2.07. The van der Waals surface area contributed by atoms with E-state index in [1.807, 2.05) is 43.3 Å². The first-order valence-corrected chi connectivity index (χ1v) is 6.12. The second-order valence-corrected chi connectivity index (χ2v) is 4.25. The molecular formula is C15H18N2O. The van der Waals surface area contributed by atoms with Crippen LogP contribution in [0.15, 0.2) is 42.5 Å². The molecule has 2 aromatic rings. The molecule has 2 rings (SSSR count). The number of rotatable bonds is 5. The highest BCUT2D eigenvalue weighted by Gasteiger charge is 1.99. The van der Waals surface area contributed by atoms with Gasteiger partial charge in [-0.15, -0.1) is 0 Å². The van der Waals surface area contributed by atoms with Gasteiger partial charge < -0.3 is 10.5 Å². The van der Waals surface area contributed by atoms with Gasteiger partial charge in [-0.2, -0.15) is 0 Å². The summed E-state index contributed by atoms with van der Waals surface area (Å²) in [7, 11) is 0. The third-order valence-electron chi connectivity index (χ3n) is 2.66. The Morgan fingerprint density at radius 1 is 1.17 bits per heavy atom. The topological polar surface area (TPSA) is 48.1 Å². The van der Waals surface area contributed by atoms with E-state index >= 15 is 0 Å². The van der Waals surface area contributed by atoms with Gasteiger partial charge in [0.25, 0.3) is 0 Å². The molecular weight excluding hydrogens is 224 g/mol. The van der Waals surface area contributed by atoms with Crippen LogP contribution in [0.2, 0.25) is 0 Å². The van der Waals surface area contributed by atoms with E-state index in [1.54, 1.807) is 0 Å². The Morgan fingerprint density at radius 3 is 2.78 bits per heavy atom. The number of pyridine rings is 1. The SMILES string of the molecule is Cc1cccc(COc2cccc(CCN)c2)n1. The molecule has 0 unspecified atom stereocenters. The molecule has 0 aliphatic carbocycles. The summed E-state index contributed by atoms with van der Waals surface area (Å²) in [6.07, 6.45) is 0.875. The largest absolute Gasteiger partial charge is 0.487 e. The molecule has 0 amide bonds. The minimum atomic E-state index is 0.494. The zero-order chi connectivity index (χ0) is 12.8. The summed E-state index contributed by atoms with van der Waals surface area (Å²) in [5.41, 5.74) is 8.69. The molecule has 3 heteroatoms. The predicted molar refractivity (Wildman–Crippen MR) is 72.5 cm³/mol. The van der Waals surface area contributed by atoms with Crippen molar-refractivity contribution in [3.63, 3.8) is 0 Å². The highest BCUT2D eigenvalue weighted by atomic mass is 16.5. The van der Waals surface area contributed by atoms with Gasteiger partial charge in [0.2, 0.25) is 0 Å². The quantitative estimate of drug-likeness (QED) is 0.876. The van der Waals surface area contributed by atoms with E-state index in [0.717, 1.165) is 23.6 Å². The Hall–Kier alpha value is -1.87. The summed E-state index contributed by atoms with van der Waals surface area (Å²) in [6.45, 7) is 3.13. The Labute approximate surface area is 108 Å². The van der Waals surface area contributed by atoms with Crippen LogP contribution in [0, 0.1) is 6.92 Å². The molecule has 94 valence electrons. The van der Waals surface area contributed by atoms with E-state index in [1.165, 1.54) is 5.56 Å². The van der Waals surface area contributed by atoms with Gasteiger partial charge in [-0.05, 0) is 49.7 Å². The maximum Gasteiger partial charge on any atom is 0.130 e. The average Bonchev–Trinajstić information content (AvgIpc) is 2.37. The van der Waals surface area contributed by atoms with Crippen molar-refractivity contribution in [2.24, 2.45) is 5.73 Å². The number of nitrogens with zero attached hydrogens (tertiary/aromatic N) is 1. The van der Waals surface area contributed by atoms with Crippen molar-refractivity contribution >= 4 is 0 Å². The highest BCUT2D eigenvalue weighted by molar-refractivity contribution is 5.28. The third kappa shape index (κ3) is 3.57. The van der Waals surface area contributed by atoms with Crippen LogP contribution in [-0.4, -0.2) is 11.5 Å². The van der Waals surface area contributed by atoms with Gasteiger partial charge in [-0.25, -0.2) is 0 Å². The van der Waals surface area contributed by atoms with Gasteiger partial charge in [0.15, 0.2) is 0 Å². The standard InChI is InChI=1S/C15H18N2O/c1-12-4-2-6-14(17-12)11-18-15-7-3-5-13(10-15)8-9-16/h2-7,10H,8-9,11,16H2,1H3. The Balaban J connectivity index is 1.99. The maximum absolute atomic E-state index is 5.73. The smallest absolute Gasteiger partial charge is 0.130 e. The zero-order valence-electron chi connectivity index (χ0n) is 10.6. The molecule has 3 nitrogen and oxygen atoms in total. The van der Waals surface area contributed by atoms with Crippen LogP contribution in [0.25, 0.3) is 0 Å². The van der Waals surface area contributed by atoms with Crippen LogP contribution in [0.1, 0.15) is 17.0 Å². The molecule has 1 aromatic heterocycles. The number of benzene rings is 1. The molecule has 1 heterocycles. The summed E-state index contributed by atoms with van der Waals surface area (Å²) >= 11 is 0. The van der Waals surface area contributed by atoms with Crippen molar-refractivity contribution in [1.82, 2.24) is 4.98 Å². The maximum atomic E-state index is 5.73. The molecule has 2 N–H and O–H groups in total. The van der Waals surface area contributed by atoms with Crippen molar-refractivity contribution in [3.05, 3.63) is 59.4 Å². The van der Waals surface area contributed by atoms with E-state index in [0.29, 0.717) is 13.2 Å². The summed E-state index contributed by atoms with van der Waals surface area (Å²) in [6, 6.07) is 14.0. The normalized spacial score (nSPS) is 10.3. The molecule has 0 aliphatic rings. The average molecular weight is 242 g/mol. The lowest BCUT2D eigenvalue weighted by Crippen LogP contribution is -2.03. The lowest BCUT2D eigenvalue weighted by molar-refractivity contribution is 0.301. The van der Waals surface area contributed by atoms with Gasteiger partial charge in [0.05, 0.1) is 5.69 Å². The minimum absolute atomic E-state index is 0.494. The van der Waals surface area contributed by atoms with E-state index in [2.05, 4.69) is 11.1 Å². The number of nitrogens with two attached hydrogens (primary N) is 1. The molecule has 0 bridgehead atoms. The first-order valence-electron chi connectivity index (χ1n) is 6.12. The molecule has 0 fully saturated rings. The summed E-state index contributed by atoms with van der Waals surface area (Å²) in [5, 5.41) is 0. The van der Waals surface area contributed by atoms with Gasteiger partial charge in [0, 0.05) is 5.69 Å². The molecule has 0 spiro atoms. The summed E-state index contributed by atoms with van der Waals surface area (Å²) < 4.78 is 5.73. The van der Waals surface area contributed by atoms with Crippen molar-refractivity contribution in [1.29, 1.82) is 0 Å². The fourth-order valence-electron chi connectivity index (χ4n) is 1.79. The van der Waals surface area contributed by atoms with E-state index in [9.17, 15) is 0 Å². The van der Waals surface area contributed by atoms with E-state index < -0.39 is 0 Å². The highest BCUT2D eigenvalue weighted by Crippen LogP contribution is 2.15. The minimum Gasteiger partial charge on any atom is -0.487 e. The van der Waals surface area contributed by atoms with Crippen LogP contribution in [0.5, 0.6) is 5.75 Å². The first-order chi connectivity index (χ1) is 8.78. The second kappa shape index (κ2) is 6.17. The van der Waals surface area contributed by atoms with Crippen LogP contribution in [-0.2, 0) is 13.0 Å². The Kier molecular flexibility index (Phi) is 4.31. The van der Waals surface area contributed by atoms with E-state index in [4.69, 9.17) is 10.5 Å². The second-order valence-electron chi connectivity index (χ2n) is 4.25. The number of hydrogen-bond donors (Lipinski definition) is 1. The van der Waals surface area contributed by atoms with Crippen LogP contribution in [0.4, 0.5) is 0 Å². The van der Waals surface area contributed by atoms with Gasteiger partial charge in [-0.3, -0.25) is 4.98 Å². The number of ether oxygens (including phenoxy) is 1. The van der Waals surface area contributed by atoms with Crippen molar-refractivity contribution in [2.45, 2.75) is 20.0 Å². The monoisotopic (exact) mass is 242 g/mol. The fraction of sp³-hybridized carbons (Fsp3) is 0.267. The van der Waals surface area contributed by atoms with Crippen molar-refractivity contribution in [2.75, 3.05) is 6.54 Å². The Bertz CT molecular complexity index is 511. The van der Waals surface area contributed by atoms with Crippen molar-refractivity contribution in [3.8, 4) is 5.75 Å². The lowest BCUT2D eigenvalue weighted by atomic mass is 10.1. The molecule has 18 heavy (non-hydrogen) atoms. The number of aryl methyl sites for hydroxylation is 1. The molecule has 1 aromatic carbocycles. The zero-order valence-corrected chi connectivity index (χ0v) is 10.6. The van der Waals surface area contributed by atoms with E-state index in [-0.39, 0.29) is 0 Å².